The predicted octanol–water partition coefficient (Wildman–Crippen LogP) is 4.31. The third-order valence-electron chi connectivity index (χ3n) is 4.97. The number of aliphatic hydroxyl groups excluding tert-OH is 1. The summed E-state index contributed by atoms with van der Waals surface area (Å²) in [6.07, 6.45) is 19.0. The van der Waals surface area contributed by atoms with Gasteiger partial charge in [0.15, 0.2) is 0 Å². The summed E-state index contributed by atoms with van der Waals surface area (Å²) in [5, 5.41) is 9.29. The highest BCUT2D eigenvalue weighted by molar-refractivity contribution is 5.60. The highest BCUT2D eigenvalue weighted by Crippen LogP contribution is 2.20. The molecule has 1 heterocycles. The summed E-state index contributed by atoms with van der Waals surface area (Å²) >= 11 is 0. The van der Waals surface area contributed by atoms with Gasteiger partial charge in [-0.05, 0) is 25.8 Å². The lowest BCUT2D eigenvalue weighted by Gasteiger charge is -2.36. The summed E-state index contributed by atoms with van der Waals surface area (Å²) in [4.78, 5) is 4.60. The van der Waals surface area contributed by atoms with E-state index in [0.29, 0.717) is 0 Å². The summed E-state index contributed by atoms with van der Waals surface area (Å²) in [6.45, 7) is 7.52. The zero-order chi connectivity index (χ0) is 16.1. The van der Waals surface area contributed by atoms with Gasteiger partial charge in [0.1, 0.15) is 13.1 Å². The minimum Gasteiger partial charge on any atom is -0.391 e. The third-order valence-corrected chi connectivity index (χ3v) is 4.97. The van der Waals surface area contributed by atoms with Crippen LogP contribution in [0.4, 0.5) is 0 Å². The van der Waals surface area contributed by atoms with Crippen molar-refractivity contribution in [2.75, 3.05) is 26.2 Å². The van der Waals surface area contributed by atoms with Gasteiger partial charge in [-0.2, -0.15) is 0 Å². The molecule has 0 aromatic carbocycles. The molecule has 0 spiro atoms. The van der Waals surface area contributed by atoms with Gasteiger partial charge >= 0.3 is 0 Å². The number of rotatable bonds is 13. The van der Waals surface area contributed by atoms with Gasteiger partial charge < -0.3 is 5.11 Å². The second-order valence-electron chi connectivity index (χ2n) is 6.60. The fraction of sp³-hybridized carbons (Fsp3) is 0.842. The van der Waals surface area contributed by atoms with E-state index in [0.717, 1.165) is 24.1 Å². The predicted molar refractivity (Wildman–Crippen MR) is 96.3 cm³/mol. The number of allylic oxidation sites excluding steroid dienone is 1. The standard InChI is InChI=1S/C19H37N2O/c1-3-5-6-7-8-9-10-11-12-13-14-19-20-15-16-21(19,4-2)17-18-22/h13-15,19,22H,3-12,16-18H2,1-2H3/q+1/b14-13+. The van der Waals surface area contributed by atoms with Crippen LogP contribution in [0.25, 0.3) is 0 Å². The molecule has 1 aliphatic rings. The molecule has 1 aliphatic heterocycles. The van der Waals surface area contributed by atoms with Crippen LogP contribution >= 0.6 is 0 Å². The molecular formula is C19H37N2O+. The van der Waals surface area contributed by atoms with Crippen LogP contribution in [0.2, 0.25) is 0 Å². The lowest BCUT2D eigenvalue weighted by molar-refractivity contribution is -0.929. The number of likely N-dealkylation sites (N-methyl/N-ethyl adjacent to an activating group) is 1. The molecule has 0 aromatic heterocycles. The first kappa shape index (κ1) is 19.4. The van der Waals surface area contributed by atoms with Crippen molar-refractivity contribution in [3.05, 3.63) is 12.2 Å². The van der Waals surface area contributed by atoms with Crippen LogP contribution in [0.15, 0.2) is 17.1 Å². The molecule has 0 saturated carbocycles. The minimum absolute atomic E-state index is 0.228. The molecule has 3 nitrogen and oxygen atoms in total. The zero-order valence-corrected chi connectivity index (χ0v) is 14.8. The molecule has 2 atom stereocenters. The molecule has 0 aromatic rings. The average Bonchev–Trinajstić information content (AvgIpc) is 2.93. The molecule has 0 fully saturated rings. The average molecular weight is 310 g/mol. The quantitative estimate of drug-likeness (QED) is 0.307. The van der Waals surface area contributed by atoms with Crippen molar-refractivity contribution in [1.82, 2.24) is 0 Å². The molecule has 0 radical (unpaired) electrons. The van der Waals surface area contributed by atoms with Gasteiger partial charge in [-0.3, -0.25) is 4.48 Å². The summed E-state index contributed by atoms with van der Waals surface area (Å²) in [7, 11) is 0. The van der Waals surface area contributed by atoms with E-state index in [9.17, 15) is 5.11 Å². The topological polar surface area (TPSA) is 32.6 Å². The number of quaternary nitrogens is 1. The van der Waals surface area contributed by atoms with E-state index < -0.39 is 0 Å². The van der Waals surface area contributed by atoms with Crippen molar-refractivity contribution in [3.63, 3.8) is 0 Å². The van der Waals surface area contributed by atoms with E-state index in [1.807, 2.05) is 6.21 Å². The van der Waals surface area contributed by atoms with E-state index in [2.05, 4.69) is 31.0 Å². The maximum atomic E-state index is 9.29. The van der Waals surface area contributed by atoms with Gasteiger partial charge in [0.2, 0.25) is 6.17 Å². The first-order valence-corrected chi connectivity index (χ1v) is 9.44. The van der Waals surface area contributed by atoms with Gasteiger partial charge in [0.25, 0.3) is 0 Å². The Morgan fingerprint density at radius 2 is 1.77 bits per heavy atom. The minimum atomic E-state index is 0.228. The fourth-order valence-corrected chi connectivity index (χ4v) is 3.31. The van der Waals surface area contributed by atoms with Crippen molar-refractivity contribution in [1.29, 1.82) is 0 Å². The van der Waals surface area contributed by atoms with Crippen LogP contribution in [0, 0.1) is 0 Å². The Balaban J connectivity index is 2.13. The molecule has 0 amide bonds. The first-order chi connectivity index (χ1) is 10.8. The summed E-state index contributed by atoms with van der Waals surface area (Å²) in [6, 6.07) is 0. The Morgan fingerprint density at radius 3 is 2.41 bits per heavy atom. The molecule has 1 rings (SSSR count). The van der Waals surface area contributed by atoms with E-state index in [4.69, 9.17) is 0 Å². The van der Waals surface area contributed by atoms with Crippen LogP contribution in [0.5, 0.6) is 0 Å². The fourth-order valence-electron chi connectivity index (χ4n) is 3.31. The normalized spacial score (nSPS) is 24.6. The maximum Gasteiger partial charge on any atom is 0.202 e. The van der Waals surface area contributed by atoms with Crippen LogP contribution in [0.3, 0.4) is 0 Å². The summed E-state index contributed by atoms with van der Waals surface area (Å²) in [5.74, 6) is 0. The Bertz CT molecular complexity index is 327. The van der Waals surface area contributed by atoms with Crippen molar-refractivity contribution in [3.8, 4) is 0 Å². The molecule has 2 unspecified atom stereocenters. The number of hydrogen-bond acceptors (Lipinski definition) is 2. The van der Waals surface area contributed by atoms with Gasteiger partial charge in [0.05, 0.1) is 19.4 Å². The molecule has 0 aliphatic carbocycles. The molecule has 1 N–H and O–H groups in total. The van der Waals surface area contributed by atoms with E-state index in [-0.39, 0.29) is 12.8 Å². The van der Waals surface area contributed by atoms with Gasteiger partial charge in [-0.15, -0.1) is 0 Å². The molecule has 0 bridgehead atoms. The number of unbranched alkanes of at least 4 members (excludes halogenated alkanes) is 8. The number of hydrogen-bond donors (Lipinski definition) is 1. The van der Waals surface area contributed by atoms with Crippen LogP contribution in [0.1, 0.15) is 71.6 Å². The molecule has 3 heteroatoms. The first-order valence-electron chi connectivity index (χ1n) is 9.44. The second-order valence-corrected chi connectivity index (χ2v) is 6.60. The maximum absolute atomic E-state index is 9.29. The van der Waals surface area contributed by atoms with Crippen LogP contribution in [-0.4, -0.2) is 48.2 Å². The Morgan fingerprint density at radius 1 is 1.09 bits per heavy atom. The monoisotopic (exact) mass is 309 g/mol. The highest BCUT2D eigenvalue weighted by Gasteiger charge is 2.35. The number of aliphatic imine (C=N–C) groups is 1. The Kier molecular flexibility index (Phi) is 10.4. The van der Waals surface area contributed by atoms with Crippen molar-refractivity contribution < 1.29 is 9.59 Å². The van der Waals surface area contributed by atoms with Crippen LogP contribution < -0.4 is 0 Å². The van der Waals surface area contributed by atoms with E-state index >= 15 is 0 Å². The molecule has 0 saturated heterocycles. The van der Waals surface area contributed by atoms with E-state index in [1.165, 1.54) is 57.8 Å². The largest absolute Gasteiger partial charge is 0.391 e. The van der Waals surface area contributed by atoms with Crippen molar-refractivity contribution in [2.24, 2.45) is 4.99 Å². The van der Waals surface area contributed by atoms with Crippen molar-refractivity contribution >= 4 is 6.21 Å². The molecule has 128 valence electrons. The van der Waals surface area contributed by atoms with Gasteiger partial charge in [0, 0.05) is 0 Å². The number of aliphatic hydroxyl groups is 1. The summed E-state index contributed by atoms with van der Waals surface area (Å²) in [5.41, 5.74) is 0. The highest BCUT2D eigenvalue weighted by atomic mass is 16.3. The molecular weight excluding hydrogens is 272 g/mol. The number of nitrogens with zero attached hydrogens (tertiary/aromatic N) is 2. The van der Waals surface area contributed by atoms with Crippen molar-refractivity contribution in [2.45, 2.75) is 77.8 Å². The molecule has 22 heavy (non-hydrogen) atoms. The lowest BCUT2D eigenvalue weighted by Crippen LogP contribution is -2.53. The lowest BCUT2D eigenvalue weighted by atomic mass is 10.1. The van der Waals surface area contributed by atoms with Crippen LogP contribution in [-0.2, 0) is 0 Å². The third kappa shape index (κ3) is 6.62. The zero-order valence-electron chi connectivity index (χ0n) is 14.8. The second kappa shape index (κ2) is 11.8. The van der Waals surface area contributed by atoms with E-state index in [1.54, 1.807) is 0 Å². The van der Waals surface area contributed by atoms with Gasteiger partial charge in [-0.25, -0.2) is 4.99 Å². The smallest absolute Gasteiger partial charge is 0.202 e. The SMILES string of the molecule is CCCCCCCCCC/C=C/C1N=CC[N+]1(CC)CCO. The Hall–Kier alpha value is -0.670. The Labute approximate surface area is 137 Å². The summed E-state index contributed by atoms with van der Waals surface area (Å²) < 4.78 is 0.893. The van der Waals surface area contributed by atoms with Gasteiger partial charge in [-0.1, -0.05) is 57.9 Å².